The van der Waals surface area contributed by atoms with E-state index in [4.69, 9.17) is 5.73 Å². The highest BCUT2D eigenvalue weighted by atomic mass is 32.2. The third-order valence-corrected chi connectivity index (χ3v) is 4.40. The van der Waals surface area contributed by atoms with E-state index >= 15 is 0 Å². The summed E-state index contributed by atoms with van der Waals surface area (Å²) in [5.74, 6) is 0.257. The monoisotopic (exact) mass is 264 g/mol. The van der Waals surface area contributed by atoms with Crippen molar-refractivity contribution in [3.8, 4) is 6.07 Å². The number of anilines is 1. The number of aromatic amines is 1. The van der Waals surface area contributed by atoms with E-state index in [1.807, 2.05) is 0 Å². The number of nitrogens with zero attached hydrogens (tertiary/aromatic N) is 2. The predicted molar refractivity (Wildman–Crippen MR) is 71.1 cm³/mol. The Labute approximate surface area is 110 Å². The summed E-state index contributed by atoms with van der Waals surface area (Å²) in [4.78, 5) is 18.1. The van der Waals surface area contributed by atoms with Gasteiger partial charge in [-0.05, 0) is 12.8 Å². The van der Waals surface area contributed by atoms with Gasteiger partial charge in [0.1, 0.15) is 5.82 Å². The van der Waals surface area contributed by atoms with Crippen molar-refractivity contribution in [2.75, 3.05) is 5.73 Å². The number of hydrogen-bond acceptors (Lipinski definition) is 5. The molecule has 1 fully saturated rings. The lowest BCUT2D eigenvalue weighted by molar-refractivity contribution is 0.584. The first-order chi connectivity index (χ1) is 8.69. The van der Waals surface area contributed by atoms with Crippen molar-refractivity contribution < 1.29 is 0 Å². The Kier molecular flexibility index (Phi) is 4.26. The van der Waals surface area contributed by atoms with Crippen LogP contribution in [0.2, 0.25) is 0 Å². The van der Waals surface area contributed by atoms with Crippen LogP contribution in [0.4, 0.5) is 5.82 Å². The molecule has 2 atom stereocenters. The summed E-state index contributed by atoms with van der Waals surface area (Å²) < 4.78 is 0. The number of rotatable bonds is 2. The van der Waals surface area contributed by atoms with Gasteiger partial charge in [-0.1, -0.05) is 31.0 Å². The van der Waals surface area contributed by atoms with Crippen molar-refractivity contribution in [3.05, 3.63) is 16.4 Å². The molecular formula is C12H16N4OS. The van der Waals surface area contributed by atoms with Crippen LogP contribution < -0.4 is 11.3 Å². The summed E-state index contributed by atoms with van der Waals surface area (Å²) in [5.41, 5.74) is 5.31. The van der Waals surface area contributed by atoms with Crippen molar-refractivity contribution in [1.82, 2.24) is 9.97 Å². The average molecular weight is 264 g/mol. The summed E-state index contributed by atoms with van der Waals surface area (Å²) in [6.07, 6.45) is 5.33. The molecule has 0 spiro atoms. The molecule has 3 N–H and O–H groups in total. The predicted octanol–water partition coefficient (Wildman–Crippen LogP) is 1.92. The van der Waals surface area contributed by atoms with E-state index in [0.29, 0.717) is 5.16 Å². The number of nitriles is 1. The Hall–Kier alpha value is -1.48. The van der Waals surface area contributed by atoms with Crippen LogP contribution in [0.3, 0.4) is 0 Å². The molecule has 1 heterocycles. The molecule has 0 saturated heterocycles. The zero-order valence-electron chi connectivity index (χ0n) is 10.1. The Bertz CT molecular complexity index is 508. The molecular weight excluding hydrogens is 248 g/mol. The summed E-state index contributed by atoms with van der Waals surface area (Å²) >= 11 is 1.47. The van der Waals surface area contributed by atoms with Gasteiger partial charge in [0.25, 0.3) is 5.56 Å². The van der Waals surface area contributed by atoms with Gasteiger partial charge in [-0.3, -0.25) is 4.79 Å². The average Bonchev–Trinajstić information content (AvgIpc) is 2.52. The van der Waals surface area contributed by atoms with Gasteiger partial charge >= 0.3 is 0 Å². The van der Waals surface area contributed by atoms with Crippen LogP contribution in [-0.2, 0) is 0 Å². The first-order valence-corrected chi connectivity index (χ1v) is 7.00. The van der Waals surface area contributed by atoms with Gasteiger partial charge in [0.05, 0.1) is 12.0 Å². The van der Waals surface area contributed by atoms with Gasteiger partial charge in [-0.2, -0.15) is 5.26 Å². The van der Waals surface area contributed by atoms with Crippen LogP contribution in [0.5, 0.6) is 0 Å². The summed E-state index contributed by atoms with van der Waals surface area (Å²) in [6, 6.07) is 3.63. The highest BCUT2D eigenvalue weighted by molar-refractivity contribution is 7.99. The van der Waals surface area contributed by atoms with Crippen molar-refractivity contribution in [2.24, 2.45) is 5.92 Å². The normalized spacial score (nSPS) is 24.2. The molecule has 0 aliphatic heterocycles. The van der Waals surface area contributed by atoms with E-state index in [1.54, 1.807) is 0 Å². The largest absolute Gasteiger partial charge is 0.383 e. The first kappa shape index (κ1) is 13.0. The van der Waals surface area contributed by atoms with Crippen LogP contribution in [0.15, 0.2) is 16.0 Å². The zero-order chi connectivity index (χ0) is 13.0. The van der Waals surface area contributed by atoms with Crippen molar-refractivity contribution in [2.45, 2.75) is 42.5 Å². The molecule has 96 valence electrons. The SMILES string of the molecule is N#CC1CCCCCC1Sc1nc(N)cc(=O)[nH]1. The molecule has 0 bridgehead atoms. The Morgan fingerprint density at radius 2 is 2.22 bits per heavy atom. The quantitative estimate of drug-likeness (QED) is 0.628. The van der Waals surface area contributed by atoms with E-state index < -0.39 is 0 Å². The standard InChI is InChI=1S/C12H16N4OS/c13-7-8-4-2-1-3-5-9(8)18-12-15-10(14)6-11(17)16-12/h6,8-9H,1-5H2,(H3,14,15,16,17). The van der Waals surface area contributed by atoms with E-state index in [2.05, 4.69) is 16.0 Å². The van der Waals surface area contributed by atoms with Gasteiger partial charge < -0.3 is 10.7 Å². The first-order valence-electron chi connectivity index (χ1n) is 6.12. The number of thioether (sulfide) groups is 1. The fourth-order valence-corrected chi connectivity index (χ4v) is 3.46. The number of nitrogens with one attached hydrogen (secondary N) is 1. The van der Waals surface area contributed by atoms with E-state index in [1.165, 1.54) is 24.2 Å². The van der Waals surface area contributed by atoms with Crippen LogP contribution in [0.1, 0.15) is 32.1 Å². The summed E-state index contributed by atoms with van der Waals surface area (Å²) in [7, 11) is 0. The fourth-order valence-electron chi connectivity index (χ4n) is 2.21. The highest BCUT2D eigenvalue weighted by Crippen LogP contribution is 2.34. The molecule has 0 amide bonds. The smallest absolute Gasteiger partial charge is 0.253 e. The van der Waals surface area contributed by atoms with Crippen molar-refractivity contribution >= 4 is 17.6 Å². The molecule has 2 unspecified atom stereocenters. The van der Waals surface area contributed by atoms with Crippen molar-refractivity contribution in [1.29, 1.82) is 5.26 Å². The van der Waals surface area contributed by atoms with Crippen LogP contribution in [0.25, 0.3) is 0 Å². The molecule has 2 rings (SSSR count). The third-order valence-electron chi connectivity index (χ3n) is 3.12. The lowest BCUT2D eigenvalue weighted by atomic mass is 10.0. The molecule has 1 aliphatic rings. The van der Waals surface area contributed by atoms with Gasteiger partial charge in [-0.15, -0.1) is 0 Å². The van der Waals surface area contributed by atoms with Crippen molar-refractivity contribution in [3.63, 3.8) is 0 Å². The van der Waals surface area contributed by atoms with Gasteiger partial charge in [0, 0.05) is 11.3 Å². The summed E-state index contributed by atoms with van der Waals surface area (Å²) in [5, 5.41) is 9.91. The minimum Gasteiger partial charge on any atom is -0.383 e. The molecule has 1 aromatic rings. The molecule has 1 aliphatic carbocycles. The number of nitrogens with two attached hydrogens (primary N) is 1. The maximum atomic E-state index is 11.3. The molecule has 0 aromatic carbocycles. The van der Waals surface area contributed by atoms with E-state index in [0.717, 1.165) is 25.7 Å². The number of hydrogen-bond donors (Lipinski definition) is 2. The van der Waals surface area contributed by atoms with Crippen LogP contribution in [-0.4, -0.2) is 15.2 Å². The highest BCUT2D eigenvalue weighted by Gasteiger charge is 2.25. The lowest BCUT2D eigenvalue weighted by Gasteiger charge is -2.17. The Morgan fingerprint density at radius 3 is 2.94 bits per heavy atom. The molecule has 1 saturated carbocycles. The molecule has 0 radical (unpaired) electrons. The zero-order valence-corrected chi connectivity index (χ0v) is 10.9. The maximum absolute atomic E-state index is 11.3. The van der Waals surface area contributed by atoms with Gasteiger partial charge in [0.15, 0.2) is 5.16 Å². The molecule has 5 nitrogen and oxygen atoms in total. The van der Waals surface area contributed by atoms with Crippen LogP contribution >= 0.6 is 11.8 Å². The van der Waals surface area contributed by atoms with Gasteiger partial charge in [0.2, 0.25) is 0 Å². The number of nitrogen functional groups attached to an aromatic ring is 1. The minimum absolute atomic E-state index is 0.0317. The summed E-state index contributed by atoms with van der Waals surface area (Å²) in [6.45, 7) is 0. The molecule has 18 heavy (non-hydrogen) atoms. The Balaban J connectivity index is 2.15. The second kappa shape index (κ2) is 5.91. The number of aromatic nitrogens is 2. The van der Waals surface area contributed by atoms with Gasteiger partial charge in [-0.25, -0.2) is 4.98 Å². The second-order valence-corrected chi connectivity index (χ2v) is 5.73. The Morgan fingerprint density at radius 1 is 1.44 bits per heavy atom. The van der Waals surface area contributed by atoms with E-state index in [9.17, 15) is 10.1 Å². The number of H-pyrrole nitrogens is 1. The van der Waals surface area contributed by atoms with E-state index in [-0.39, 0.29) is 22.5 Å². The topological polar surface area (TPSA) is 95.6 Å². The second-order valence-electron chi connectivity index (χ2n) is 4.51. The maximum Gasteiger partial charge on any atom is 0.253 e. The molecule has 1 aromatic heterocycles. The fraction of sp³-hybridized carbons (Fsp3) is 0.583. The third kappa shape index (κ3) is 3.26. The lowest BCUT2D eigenvalue weighted by Crippen LogP contribution is -2.17. The minimum atomic E-state index is -0.243. The van der Waals surface area contributed by atoms with Crippen LogP contribution in [0, 0.1) is 17.2 Å². The molecule has 6 heteroatoms.